The van der Waals surface area contributed by atoms with Crippen LogP contribution >= 0.6 is 15.9 Å². The Balaban J connectivity index is 1.42. The van der Waals surface area contributed by atoms with E-state index >= 15 is 0 Å². The van der Waals surface area contributed by atoms with Crippen LogP contribution in [0, 0.1) is 0 Å². The average molecular weight is 550 g/mol. The molecule has 0 bridgehead atoms. The van der Waals surface area contributed by atoms with Crippen LogP contribution in [0.25, 0.3) is 0 Å². The van der Waals surface area contributed by atoms with E-state index in [9.17, 15) is 24.0 Å². The van der Waals surface area contributed by atoms with Crippen LogP contribution in [0.2, 0.25) is 0 Å². The number of nitrogens with one attached hydrogen (secondary N) is 2. The maximum Gasteiger partial charge on any atom is 0.330 e. The van der Waals surface area contributed by atoms with Gasteiger partial charge in [0.05, 0.1) is 11.1 Å². The molecule has 36 heavy (non-hydrogen) atoms. The van der Waals surface area contributed by atoms with Crippen molar-refractivity contribution in [2.24, 2.45) is 0 Å². The number of carbonyl (C=O) groups is 5. The van der Waals surface area contributed by atoms with E-state index in [0.29, 0.717) is 11.1 Å². The zero-order valence-corrected chi connectivity index (χ0v) is 20.4. The Morgan fingerprint density at radius 3 is 2.00 bits per heavy atom. The molecule has 1 aliphatic heterocycles. The smallest absolute Gasteiger partial charge is 0.330 e. The van der Waals surface area contributed by atoms with Crippen LogP contribution in [0.15, 0.2) is 83.3 Å². The summed E-state index contributed by atoms with van der Waals surface area (Å²) in [5.74, 6) is -3.51. The molecule has 0 spiro atoms. The molecule has 3 aromatic carbocycles. The lowest BCUT2D eigenvalue weighted by Crippen LogP contribution is -2.48. The van der Waals surface area contributed by atoms with Crippen LogP contribution in [-0.2, 0) is 20.7 Å². The summed E-state index contributed by atoms with van der Waals surface area (Å²) in [5, 5.41) is 0. The molecule has 182 valence electrons. The highest BCUT2D eigenvalue weighted by molar-refractivity contribution is 9.10. The Labute approximate surface area is 214 Å². The van der Waals surface area contributed by atoms with Gasteiger partial charge in [-0.25, -0.2) is 4.79 Å². The first-order chi connectivity index (χ1) is 17.3. The number of benzene rings is 3. The van der Waals surface area contributed by atoms with Crippen molar-refractivity contribution in [1.82, 2.24) is 15.8 Å². The van der Waals surface area contributed by atoms with Gasteiger partial charge < -0.3 is 4.74 Å². The quantitative estimate of drug-likeness (QED) is 0.265. The van der Waals surface area contributed by atoms with Crippen molar-refractivity contribution in [3.8, 4) is 0 Å². The lowest BCUT2D eigenvalue weighted by Gasteiger charge is -2.24. The average Bonchev–Trinajstić information content (AvgIpc) is 3.15. The highest BCUT2D eigenvalue weighted by atomic mass is 79.9. The van der Waals surface area contributed by atoms with Crippen molar-refractivity contribution >= 4 is 45.5 Å². The number of rotatable bonds is 7. The molecule has 9 nitrogen and oxygen atoms in total. The molecule has 0 saturated heterocycles. The maximum absolute atomic E-state index is 13.0. The third-order valence-corrected chi connectivity index (χ3v) is 5.98. The van der Waals surface area contributed by atoms with Crippen LogP contribution in [-0.4, -0.2) is 47.1 Å². The van der Waals surface area contributed by atoms with Crippen molar-refractivity contribution in [2.45, 2.75) is 12.5 Å². The highest BCUT2D eigenvalue weighted by Crippen LogP contribution is 2.26. The number of hydrogen-bond donors (Lipinski definition) is 2. The van der Waals surface area contributed by atoms with Crippen molar-refractivity contribution in [3.05, 3.63) is 106 Å². The molecule has 2 N–H and O–H groups in total. The van der Waals surface area contributed by atoms with Crippen molar-refractivity contribution in [2.75, 3.05) is 6.61 Å². The number of fused-ring (bicyclic) bond motifs is 1. The van der Waals surface area contributed by atoms with Gasteiger partial charge in [-0.2, -0.15) is 0 Å². The first kappa shape index (κ1) is 24.8. The number of amides is 4. The van der Waals surface area contributed by atoms with Gasteiger partial charge in [-0.1, -0.05) is 58.4 Å². The second-order valence-electron chi connectivity index (χ2n) is 7.85. The summed E-state index contributed by atoms with van der Waals surface area (Å²) in [7, 11) is 0. The lowest BCUT2D eigenvalue weighted by molar-refractivity contribution is -0.152. The standard InChI is InChI=1S/C26H20BrN3O6/c27-18-12-10-17(11-13-18)23(32)29-28-22(31)15-36-26(35)21(14-16-6-2-1-3-7-16)30-24(33)19-8-4-5-9-20(19)25(30)34/h1-13,21H,14-15H2,(H,28,31)(H,29,32)/t21-/m0/s1. The van der Waals surface area contributed by atoms with Crippen LogP contribution in [0.3, 0.4) is 0 Å². The highest BCUT2D eigenvalue weighted by Gasteiger charge is 2.43. The fraction of sp³-hybridized carbons (Fsp3) is 0.115. The zero-order valence-electron chi connectivity index (χ0n) is 18.8. The summed E-state index contributed by atoms with van der Waals surface area (Å²) in [6, 6.07) is 20.3. The van der Waals surface area contributed by atoms with Gasteiger partial charge in [0.25, 0.3) is 23.6 Å². The van der Waals surface area contributed by atoms with Gasteiger partial charge in [0.1, 0.15) is 6.04 Å². The minimum absolute atomic E-state index is 0.00701. The van der Waals surface area contributed by atoms with Crippen LogP contribution < -0.4 is 10.9 Å². The fourth-order valence-electron chi connectivity index (χ4n) is 3.68. The summed E-state index contributed by atoms with van der Waals surface area (Å²) < 4.78 is 5.94. The first-order valence-corrected chi connectivity index (χ1v) is 11.7. The molecule has 3 aromatic rings. The lowest BCUT2D eigenvalue weighted by atomic mass is 10.0. The normalized spacial score (nSPS) is 13.1. The molecule has 1 atom stereocenters. The summed E-state index contributed by atoms with van der Waals surface area (Å²) in [6.07, 6.45) is 0.00701. The Morgan fingerprint density at radius 1 is 0.806 bits per heavy atom. The van der Waals surface area contributed by atoms with Gasteiger partial charge in [-0.05, 0) is 42.0 Å². The van der Waals surface area contributed by atoms with E-state index in [1.54, 1.807) is 66.7 Å². The monoisotopic (exact) mass is 549 g/mol. The number of hydrazine groups is 1. The number of ether oxygens (including phenoxy) is 1. The van der Waals surface area contributed by atoms with E-state index in [0.717, 1.165) is 9.37 Å². The fourth-order valence-corrected chi connectivity index (χ4v) is 3.94. The maximum atomic E-state index is 13.0. The number of nitrogens with zero attached hydrogens (tertiary/aromatic N) is 1. The summed E-state index contributed by atoms with van der Waals surface area (Å²) in [6.45, 7) is -0.728. The van der Waals surface area contributed by atoms with Gasteiger partial charge >= 0.3 is 5.97 Å². The van der Waals surface area contributed by atoms with E-state index in [1.807, 2.05) is 0 Å². The number of carbonyl (C=O) groups excluding carboxylic acids is 5. The predicted molar refractivity (Wildman–Crippen MR) is 132 cm³/mol. The SMILES string of the molecule is O=C(COC(=O)[C@H](Cc1ccccc1)N1C(=O)c2ccccc2C1=O)NNC(=O)c1ccc(Br)cc1. The molecule has 4 rings (SSSR count). The van der Waals surface area contributed by atoms with E-state index in [4.69, 9.17) is 4.74 Å². The van der Waals surface area contributed by atoms with Gasteiger partial charge in [0, 0.05) is 16.5 Å². The third kappa shape index (κ3) is 5.49. The van der Waals surface area contributed by atoms with Gasteiger partial charge in [-0.15, -0.1) is 0 Å². The number of imide groups is 1. The molecule has 4 amide bonds. The molecule has 1 aliphatic rings. The zero-order chi connectivity index (χ0) is 25.7. The van der Waals surface area contributed by atoms with Crippen LogP contribution in [0.5, 0.6) is 0 Å². The van der Waals surface area contributed by atoms with Crippen molar-refractivity contribution < 1.29 is 28.7 Å². The summed E-state index contributed by atoms with van der Waals surface area (Å²) in [4.78, 5) is 64.2. The predicted octanol–water partition coefficient (Wildman–Crippen LogP) is 2.66. The Kier molecular flexibility index (Phi) is 7.55. The van der Waals surface area contributed by atoms with Crippen LogP contribution in [0.1, 0.15) is 36.6 Å². The molecule has 0 unspecified atom stereocenters. The van der Waals surface area contributed by atoms with E-state index in [1.165, 1.54) is 12.1 Å². The molecule has 0 saturated carbocycles. The van der Waals surface area contributed by atoms with Crippen LogP contribution in [0.4, 0.5) is 0 Å². The molecule has 10 heteroatoms. The Bertz CT molecular complexity index is 1290. The van der Waals surface area contributed by atoms with Gasteiger partial charge in [0.15, 0.2) is 6.61 Å². The Morgan fingerprint density at radius 2 is 1.39 bits per heavy atom. The molecule has 1 heterocycles. The molecular weight excluding hydrogens is 530 g/mol. The Hall–Kier alpha value is -4.31. The number of hydrogen-bond acceptors (Lipinski definition) is 6. The minimum atomic E-state index is -1.29. The second-order valence-corrected chi connectivity index (χ2v) is 8.76. The molecule has 0 aromatic heterocycles. The minimum Gasteiger partial charge on any atom is -0.454 e. The van der Waals surface area contributed by atoms with Gasteiger partial charge in [-0.3, -0.25) is 34.9 Å². The number of halogens is 1. The van der Waals surface area contributed by atoms with E-state index in [-0.39, 0.29) is 17.5 Å². The molecule has 0 fully saturated rings. The second kappa shape index (κ2) is 11.0. The topological polar surface area (TPSA) is 122 Å². The van der Waals surface area contributed by atoms with Crippen molar-refractivity contribution in [1.29, 1.82) is 0 Å². The van der Waals surface area contributed by atoms with Gasteiger partial charge in [0.2, 0.25) is 0 Å². The molecular formula is C26H20BrN3O6. The van der Waals surface area contributed by atoms with E-state index in [2.05, 4.69) is 26.8 Å². The molecule has 0 aliphatic carbocycles. The largest absolute Gasteiger partial charge is 0.454 e. The summed E-state index contributed by atoms with van der Waals surface area (Å²) >= 11 is 3.27. The third-order valence-electron chi connectivity index (χ3n) is 5.45. The molecule has 0 radical (unpaired) electrons. The first-order valence-electron chi connectivity index (χ1n) is 10.9. The summed E-state index contributed by atoms with van der Waals surface area (Å²) in [5.41, 5.74) is 5.79. The van der Waals surface area contributed by atoms with E-state index < -0.39 is 42.2 Å². The number of esters is 1. The van der Waals surface area contributed by atoms with Crippen molar-refractivity contribution in [3.63, 3.8) is 0 Å².